The lowest BCUT2D eigenvalue weighted by Gasteiger charge is -2.19. The molecule has 1 fully saturated rings. The molecule has 160 valence electrons. The number of nitrogens with zero attached hydrogens (tertiary/aromatic N) is 4. The van der Waals surface area contributed by atoms with Gasteiger partial charge < -0.3 is 19.5 Å². The molecule has 0 aliphatic carbocycles. The molecule has 0 radical (unpaired) electrons. The maximum atomic E-state index is 5.94. The van der Waals surface area contributed by atoms with Crippen LogP contribution in [-0.4, -0.2) is 71.1 Å². The summed E-state index contributed by atoms with van der Waals surface area (Å²) in [4.78, 5) is 17.6. The van der Waals surface area contributed by atoms with E-state index in [1.54, 1.807) is 6.20 Å². The van der Waals surface area contributed by atoms with Crippen LogP contribution in [0, 0.1) is 13.8 Å². The van der Waals surface area contributed by atoms with Crippen molar-refractivity contribution in [3.8, 4) is 17.3 Å². The SMILES string of the molecule is Cc1ccc2[nH]c(-c3ccnc(OCCCCN4CCCN(C)CC4)c3)nc2c1C. The van der Waals surface area contributed by atoms with Crippen molar-refractivity contribution in [3.05, 3.63) is 41.6 Å². The predicted molar refractivity (Wildman–Crippen MR) is 122 cm³/mol. The zero-order valence-electron chi connectivity index (χ0n) is 18.4. The molecule has 0 saturated carbocycles. The second-order valence-corrected chi connectivity index (χ2v) is 8.43. The number of nitrogens with one attached hydrogen (secondary N) is 1. The van der Waals surface area contributed by atoms with E-state index in [2.05, 4.69) is 52.8 Å². The molecule has 1 aromatic carbocycles. The van der Waals surface area contributed by atoms with Crippen LogP contribution in [0.15, 0.2) is 30.5 Å². The van der Waals surface area contributed by atoms with Crippen molar-refractivity contribution in [3.63, 3.8) is 0 Å². The maximum Gasteiger partial charge on any atom is 0.213 e. The van der Waals surface area contributed by atoms with Gasteiger partial charge in [-0.3, -0.25) is 0 Å². The molecule has 0 amide bonds. The first-order valence-corrected chi connectivity index (χ1v) is 11.1. The molecule has 2 aromatic heterocycles. The number of aromatic amines is 1. The van der Waals surface area contributed by atoms with E-state index in [0.717, 1.165) is 41.8 Å². The lowest BCUT2D eigenvalue weighted by atomic mass is 10.1. The molecule has 1 saturated heterocycles. The van der Waals surface area contributed by atoms with E-state index in [1.165, 1.54) is 43.7 Å². The number of likely N-dealkylation sites (N-methyl/N-ethyl adjacent to an activating group) is 1. The second-order valence-electron chi connectivity index (χ2n) is 8.43. The van der Waals surface area contributed by atoms with Crippen LogP contribution in [0.25, 0.3) is 22.4 Å². The molecular formula is C24H33N5O. The molecule has 6 heteroatoms. The minimum atomic E-state index is 0.664. The number of ether oxygens (including phenoxy) is 1. The lowest BCUT2D eigenvalue weighted by Crippen LogP contribution is -2.29. The molecule has 0 atom stereocenters. The van der Waals surface area contributed by atoms with E-state index in [1.807, 2.05) is 12.1 Å². The van der Waals surface area contributed by atoms with Crippen LogP contribution in [0.5, 0.6) is 5.88 Å². The minimum Gasteiger partial charge on any atom is -0.478 e. The van der Waals surface area contributed by atoms with E-state index in [-0.39, 0.29) is 0 Å². The molecule has 3 aromatic rings. The van der Waals surface area contributed by atoms with Crippen molar-refractivity contribution in [2.75, 3.05) is 46.4 Å². The van der Waals surface area contributed by atoms with Gasteiger partial charge in [0.2, 0.25) is 5.88 Å². The van der Waals surface area contributed by atoms with Crippen LogP contribution in [0.3, 0.4) is 0 Å². The normalized spacial score (nSPS) is 16.1. The number of aryl methyl sites for hydroxylation is 2. The van der Waals surface area contributed by atoms with Crippen molar-refractivity contribution in [2.45, 2.75) is 33.1 Å². The summed E-state index contributed by atoms with van der Waals surface area (Å²) in [6.45, 7) is 10.9. The molecule has 0 unspecified atom stereocenters. The number of imidazole rings is 1. The Labute approximate surface area is 179 Å². The maximum absolute atomic E-state index is 5.94. The number of pyridine rings is 1. The quantitative estimate of drug-likeness (QED) is 0.599. The summed E-state index contributed by atoms with van der Waals surface area (Å²) in [6, 6.07) is 8.17. The molecule has 1 aliphatic heterocycles. The van der Waals surface area contributed by atoms with E-state index in [4.69, 9.17) is 9.72 Å². The molecular weight excluding hydrogens is 374 g/mol. The Kier molecular flexibility index (Phi) is 6.65. The Morgan fingerprint density at radius 1 is 1.07 bits per heavy atom. The monoisotopic (exact) mass is 407 g/mol. The fourth-order valence-electron chi connectivity index (χ4n) is 4.02. The van der Waals surface area contributed by atoms with Crippen molar-refractivity contribution >= 4 is 11.0 Å². The Hall–Kier alpha value is -2.44. The standard InChI is InChI=1S/C24H33N5O/c1-18-7-8-21-23(19(18)2)27-24(26-21)20-9-10-25-22(17-20)30-16-5-4-12-29-13-6-11-28(3)14-15-29/h7-10,17H,4-6,11-16H2,1-3H3,(H,26,27). The molecule has 0 bridgehead atoms. The highest BCUT2D eigenvalue weighted by Crippen LogP contribution is 2.25. The third-order valence-electron chi connectivity index (χ3n) is 6.12. The predicted octanol–water partition coefficient (Wildman–Crippen LogP) is 4.04. The Morgan fingerprint density at radius 2 is 1.97 bits per heavy atom. The minimum absolute atomic E-state index is 0.664. The summed E-state index contributed by atoms with van der Waals surface area (Å²) in [5.74, 6) is 1.52. The van der Waals surface area contributed by atoms with Crippen LogP contribution in [0.2, 0.25) is 0 Å². The summed E-state index contributed by atoms with van der Waals surface area (Å²) >= 11 is 0. The number of hydrogen-bond acceptors (Lipinski definition) is 5. The van der Waals surface area contributed by atoms with Crippen LogP contribution in [-0.2, 0) is 0 Å². The highest BCUT2D eigenvalue weighted by Gasteiger charge is 2.12. The molecule has 1 aliphatic rings. The van der Waals surface area contributed by atoms with Gasteiger partial charge >= 0.3 is 0 Å². The number of benzene rings is 1. The van der Waals surface area contributed by atoms with Gasteiger partial charge in [0.1, 0.15) is 5.82 Å². The molecule has 30 heavy (non-hydrogen) atoms. The van der Waals surface area contributed by atoms with E-state index < -0.39 is 0 Å². The topological polar surface area (TPSA) is 57.3 Å². The molecule has 4 rings (SSSR count). The first kappa shape index (κ1) is 20.8. The number of fused-ring (bicyclic) bond motifs is 1. The zero-order chi connectivity index (χ0) is 20.9. The average Bonchev–Trinajstić information content (AvgIpc) is 3.09. The molecule has 6 nitrogen and oxygen atoms in total. The zero-order valence-corrected chi connectivity index (χ0v) is 18.4. The third kappa shape index (κ3) is 4.99. The summed E-state index contributed by atoms with van der Waals surface area (Å²) in [5, 5.41) is 0. The van der Waals surface area contributed by atoms with Gasteiger partial charge in [-0.25, -0.2) is 9.97 Å². The Balaban J connectivity index is 1.30. The number of hydrogen-bond donors (Lipinski definition) is 1. The van der Waals surface area contributed by atoms with Gasteiger partial charge in [0.15, 0.2) is 0 Å². The van der Waals surface area contributed by atoms with Crippen LogP contribution in [0.1, 0.15) is 30.4 Å². The van der Waals surface area contributed by atoms with Gasteiger partial charge in [-0.05, 0) is 83.1 Å². The van der Waals surface area contributed by atoms with Crippen molar-refractivity contribution < 1.29 is 4.74 Å². The summed E-state index contributed by atoms with van der Waals surface area (Å²) in [5.41, 5.74) is 5.57. The lowest BCUT2D eigenvalue weighted by molar-refractivity contribution is 0.250. The van der Waals surface area contributed by atoms with Gasteiger partial charge in [0.25, 0.3) is 0 Å². The number of aromatic nitrogens is 3. The number of rotatable bonds is 7. The first-order valence-electron chi connectivity index (χ1n) is 11.1. The third-order valence-corrected chi connectivity index (χ3v) is 6.12. The second kappa shape index (κ2) is 9.58. The number of H-pyrrole nitrogens is 1. The highest BCUT2D eigenvalue weighted by atomic mass is 16.5. The highest BCUT2D eigenvalue weighted by molar-refractivity contribution is 5.83. The molecule has 3 heterocycles. The van der Waals surface area contributed by atoms with Crippen LogP contribution >= 0.6 is 0 Å². The van der Waals surface area contributed by atoms with Crippen molar-refractivity contribution in [2.24, 2.45) is 0 Å². The fraction of sp³-hybridized carbons (Fsp3) is 0.500. The smallest absolute Gasteiger partial charge is 0.213 e. The fourth-order valence-corrected chi connectivity index (χ4v) is 4.02. The van der Waals surface area contributed by atoms with Crippen molar-refractivity contribution in [1.82, 2.24) is 24.8 Å². The Bertz CT molecular complexity index is 983. The van der Waals surface area contributed by atoms with Gasteiger partial charge in [0.05, 0.1) is 17.6 Å². The summed E-state index contributed by atoms with van der Waals surface area (Å²) in [7, 11) is 2.21. The van der Waals surface area contributed by atoms with E-state index in [0.29, 0.717) is 12.5 Å². The molecule has 0 spiro atoms. The van der Waals surface area contributed by atoms with Gasteiger partial charge in [-0.2, -0.15) is 0 Å². The van der Waals surface area contributed by atoms with Crippen LogP contribution < -0.4 is 4.74 Å². The van der Waals surface area contributed by atoms with Gasteiger partial charge in [-0.15, -0.1) is 0 Å². The average molecular weight is 408 g/mol. The summed E-state index contributed by atoms with van der Waals surface area (Å²) in [6.07, 6.45) is 5.27. The van der Waals surface area contributed by atoms with Crippen molar-refractivity contribution in [1.29, 1.82) is 0 Å². The number of unbranched alkanes of at least 4 members (excludes halogenated alkanes) is 1. The van der Waals surface area contributed by atoms with Crippen LogP contribution in [0.4, 0.5) is 0 Å². The van der Waals surface area contributed by atoms with E-state index >= 15 is 0 Å². The summed E-state index contributed by atoms with van der Waals surface area (Å²) < 4.78 is 5.94. The molecule has 1 N–H and O–H groups in total. The first-order chi connectivity index (χ1) is 14.6. The van der Waals surface area contributed by atoms with Gasteiger partial charge in [-0.1, -0.05) is 6.07 Å². The Morgan fingerprint density at radius 3 is 2.87 bits per heavy atom. The largest absolute Gasteiger partial charge is 0.478 e. The van der Waals surface area contributed by atoms with Gasteiger partial charge in [0, 0.05) is 30.9 Å². The van der Waals surface area contributed by atoms with E-state index in [9.17, 15) is 0 Å².